The normalized spacial score (nSPS) is 18.1. The summed E-state index contributed by atoms with van der Waals surface area (Å²) in [4.78, 5) is 18.4. The van der Waals surface area contributed by atoms with E-state index >= 15 is 0 Å². The summed E-state index contributed by atoms with van der Waals surface area (Å²) in [7, 11) is -3.11. The summed E-state index contributed by atoms with van der Waals surface area (Å²) in [6.07, 6.45) is 0.488. The molecule has 0 aliphatic carbocycles. The van der Waals surface area contributed by atoms with Gasteiger partial charge in [0, 0.05) is 5.56 Å². The Kier molecular flexibility index (Phi) is 5.69. The van der Waals surface area contributed by atoms with Crippen LogP contribution in [0.3, 0.4) is 0 Å². The SMILES string of the molecule is Cc1nn([C@@H]2CCS(=O)(=O)C2)c2nc(-c3ccccc3)cc(C(=O)N[C@H](C)c3ccccc3)c12. The van der Waals surface area contributed by atoms with E-state index in [0.717, 1.165) is 11.1 Å². The summed E-state index contributed by atoms with van der Waals surface area (Å²) in [5.74, 6) is -0.0478. The Hall–Kier alpha value is -3.52. The molecule has 34 heavy (non-hydrogen) atoms. The highest BCUT2D eigenvalue weighted by Gasteiger charge is 2.32. The maximum atomic E-state index is 13.5. The zero-order chi connectivity index (χ0) is 23.9. The molecule has 1 amide bonds. The molecule has 2 aromatic carbocycles. The van der Waals surface area contributed by atoms with E-state index in [0.29, 0.717) is 34.4 Å². The van der Waals surface area contributed by atoms with Gasteiger partial charge in [-0.3, -0.25) is 4.79 Å². The van der Waals surface area contributed by atoms with E-state index in [9.17, 15) is 13.2 Å². The molecule has 1 aliphatic heterocycles. The van der Waals surface area contributed by atoms with E-state index in [-0.39, 0.29) is 29.5 Å². The van der Waals surface area contributed by atoms with Crippen LogP contribution < -0.4 is 5.32 Å². The van der Waals surface area contributed by atoms with E-state index in [1.807, 2.05) is 74.5 Å². The number of carbonyl (C=O) groups excluding carboxylic acids is 1. The molecule has 0 saturated carbocycles. The van der Waals surface area contributed by atoms with E-state index in [1.54, 1.807) is 10.7 Å². The number of aromatic nitrogens is 3. The van der Waals surface area contributed by atoms with Gasteiger partial charge in [-0.2, -0.15) is 5.10 Å². The summed E-state index contributed by atoms with van der Waals surface area (Å²) in [6, 6.07) is 20.8. The largest absolute Gasteiger partial charge is 0.345 e. The number of fused-ring (bicyclic) bond motifs is 1. The van der Waals surface area contributed by atoms with E-state index < -0.39 is 9.84 Å². The minimum absolute atomic E-state index is 0.0348. The number of aryl methyl sites for hydroxylation is 1. The third-order valence-electron chi connectivity index (χ3n) is 6.35. The molecule has 1 saturated heterocycles. The van der Waals surface area contributed by atoms with Crippen LogP contribution in [0, 0.1) is 6.92 Å². The van der Waals surface area contributed by atoms with Crippen LogP contribution in [-0.4, -0.2) is 40.6 Å². The van der Waals surface area contributed by atoms with Gasteiger partial charge in [-0.25, -0.2) is 18.1 Å². The third kappa shape index (κ3) is 4.21. The van der Waals surface area contributed by atoms with Crippen LogP contribution in [0.2, 0.25) is 0 Å². The Balaban J connectivity index is 1.63. The molecule has 5 rings (SSSR count). The van der Waals surface area contributed by atoms with E-state index in [2.05, 4.69) is 10.4 Å². The average Bonchev–Trinajstić information content (AvgIpc) is 3.38. The Morgan fingerprint density at radius 1 is 1.09 bits per heavy atom. The zero-order valence-corrected chi connectivity index (χ0v) is 19.9. The Morgan fingerprint density at radius 2 is 1.76 bits per heavy atom. The number of benzene rings is 2. The number of carbonyl (C=O) groups is 1. The molecule has 3 heterocycles. The van der Waals surface area contributed by atoms with Gasteiger partial charge in [-0.05, 0) is 31.9 Å². The molecule has 1 aliphatic rings. The quantitative estimate of drug-likeness (QED) is 0.467. The molecule has 1 fully saturated rings. The average molecular weight is 475 g/mol. The number of rotatable bonds is 5. The number of pyridine rings is 1. The summed E-state index contributed by atoms with van der Waals surface area (Å²) >= 11 is 0. The molecule has 0 bridgehead atoms. The smallest absolute Gasteiger partial charge is 0.252 e. The molecule has 174 valence electrons. The highest BCUT2D eigenvalue weighted by Crippen LogP contribution is 2.32. The van der Waals surface area contributed by atoms with E-state index in [1.165, 1.54) is 0 Å². The van der Waals surface area contributed by atoms with Crippen molar-refractivity contribution in [3.63, 3.8) is 0 Å². The van der Waals surface area contributed by atoms with Crippen molar-refractivity contribution in [3.8, 4) is 11.3 Å². The summed E-state index contributed by atoms with van der Waals surface area (Å²) < 4.78 is 26.0. The van der Waals surface area contributed by atoms with E-state index in [4.69, 9.17) is 4.98 Å². The number of hydrogen-bond acceptors (Lipinski definition) is 5. The number of sulfone groups is 1. The van der Waals surface area contributed by atoms with Crippen LogP contribution >= 0.6 is 0 Å². The summed E-state index contributed by atoms with van der Waals surface area (Å²) in [5, 5.41) is 8.42. The van der Waals surface area contributed by atoms with Gasteiger partial charge >= 0.3 is 0 Å². The first-order valence-electron chi connectivity index (χ1n) is 11.3. The standard InChI is InChI=1S/C26H26N4O3S/c1-17(19-9-5-3-6-10-19)27-26(31)22-15-23(20-11-7-4-8-12-20)28-25-24(22)18(2)29-30(25)21-13-14-34(32,33)16-21/h3-12,15,17,21H,13-14,16H2,1-2H3,(H,27,31)/t17-,21-/m1/s1. The molecule has 1 N–H and O–H groups in total. The van der Waals surface area contributed by atoms with Crippen LogP contribution in [0.1, 0.15) is 47.0 Å². The van der Waals surface area contributed by atoms with Gasteiger partial charge in [0.2, 0.25) is 0 Å². The number of nitrogens with zero attached hydrogens (tertiary/aromatic N) is 3. The number of nitrogens with one attached hydrogen (secondary N) is 1. The van der Waals surface area contributed by atoms with Gasteiger partial charge in [0.15, 0.2) is 15.5 Å². The van der Waals surface area contributed by atoms with Crippen LogP contribution in [0.15, 0.2) is 66.7 Å². The fourth-order valence-corrected chi connectivity index (χ4v) is 6.26. The number of hydrogen-bond donors (Lipinski definition) is 1. The Morgan fingerprint density at radius 3 is 2.41 bits per heavy atom. The number of amides is 1. The molecule has 2 atom stereocenters. The fourth-order valence-electron chi connectivity index (χ4n) is 4.57. The van der Waals surface area contributed by atoms with Crippen LogP contribution in [0.25, 0.3) is 22.3 Å². The molecule has 0 spiro atoms. The molecule has 0 radical (unpaired) electrons. The van der Waals surface area contributed by atoms with Crippen molar-refractivity contribution in [2.75, 3.05) is 11.5 Å². The first-order chi connectivity index (χ1) is 16.3. The van der Waals surface area contributed by atoms with Crippen molar-refractivity contribution in [3.05, 3.63) is 83.6 Å². The predicted molar refractivity (Wildman–Crippen MR) is 132 cm³/mol. The lowest BCUT2D eigenvalue weighted by Gasteiger charge is -2.16. The van der Waals surface area contributed by atoms with Gasteiger partial charge in [0.05, 0.1) is 45.9 Å². The van der Waals surface area contributed by atoms with Crippen LogP contribution in [-0.2, 0) is 9.84 Å². The Bertz CT molecular complexity index is 1460. The fraction of sp³-hybridized carbons (Fsp3) is 0.269. The van der Waals surface area contributed by atoms with Gasteiger partial charge < -0.3 is 5.32 Å². The minimum Gasteiger partial charge on any atom is -0.345 e. The van der Waals surface area contributed by atoms with Crippen LogP contribution in [0.5, 0.6) is 0 Å². The van der Waals surface area contributed by atoms with Gasteiger partial charge in [-0.15, -0.1) is 0 Å². The highest BCUT2D eigenvalue weighted by molar-refractivity contribution is 7.91. The van der Waals surface area contributed by atoms with Gasteiger partial charge in [-0.1, -0.05) is 60.7 Å². The maximum Gasteiger partial charge on any atom is 0.252 e. The van der Waals surface area contributed by atoms with Crippen molar-refractivity contribution in [1.29, 1.82) is 0 Å². The lowest BCUT2D eigenvalue weighted by molar-refractivity contribution is 0.0941. The lowest BCUT2D eigenvalue weighted by Crippen LogP contribution is -2.27. The Labute approximate surface area is 198 Å². The molecule has 7 nitrogen and oxygen atoms in total. The maximum absolute atomic E-state index is 13.5. The minimum atomic E-state index is -3.11. The highest BCUT2D eigenvalue weighted by atomic mass is 32.2. The molecular weight excluding hydrogens is 448 g/mol. The zero-order valence-electron chi connectivity index (χ0n) is 19.1. The van der Waals surface area contributed by atoms with Gasteiger partial charge in [0.25, 0.3) is 5.91 Å². The lowest BCUT2D eigenvalue weighted by atomic mass is 10.0. The molecule has 0 unspecified atom stereocenters. The van der Waals surface area contributed by atoms with Crippen molar-refractivity contribution in [2.24, 2.45) is 0 Å². The first kappa shape index (κ1) is 22.3. The summed E-state index contributed by atoms with van der Waals surface area (Å²) in [6.45, 7) is 3.78. The molecule has 4 aromatic rings. The molecular formula is C26H26N4O3S. The second kappa shape index (κ2) is 8.68. The third-order valence-corrected chi connectivity index (χ3v) is 8.10. The second-order valence-corrected chi connectivity index (χ2v) is 11.0. The molecule has 2 aromatic heterocycles. The van der Waals surface area contributed by atoms with Gasteiger partial charge in [0.1, 0.15) is 0 Å². The van der Waals surface area contributed by atoms with Crippen molar-refractivity contribution < 1.29 is 13.2 Å². The first-order valence-corrected chi connectivity index (χ1v) is 13.2. The monoisotopic (exact) mass is 474 g/mol. The second-order valence-electron chi connectivity index (χ2n) is 8.81. The van der Waals surface area contributed by atoms with Crippen molar-refractivity contribution in [2.45, 2.75) is 32.4 Å². The predicted octanol–water partition coefficient (Wildman–Crippen LogP) is 4.26. The van der Waals surface area contributed by atoms with Crippen molar-refractivity contribution >= 4 is 26.8 Å². The topological polar surface area (TPSA) is 93.9 Å². The van der Waals surface area contributed by atoms with Crippen LogP contribution in [0.4, 0.5) is 0 Å². The molecule has 8 heteroatoms. The van der Waals surface area contributed by atoms with Crippen molar-refractivity contribution in [1.82, 2.24) is 20.1 Å². The summed E-state index contributed by atoms with van der Waals surface area (Å²) in [5.41, 5.74) is 4.21.